The van der Waals surface area contributed by atoms with E-state index in [-0.39, 0.29) is 5.95 Å². The number of aromatic nitrogens is 2. The molecular formula is C20H24N4O3. The lowest BCUT2D eigenvalue weighted by molar-refractivity contribution is 0.296. The Morgan fingerprint density at radius 2 is 1.81 bits per heavy atom. The zero-order valence-electron chi connectivity index (χ0n) is 15.6. The van der Waals surface area contributed by atoms with Crippen LogP contribution in [0.25, 0.3) is 0 Å². The van der Waals surface area contributed by atoms with E-state index in [1.165, 1.54) is 0 Å². The van der Waals surface area contributed by atoms with Gasteiger partial charge >= 0.3 is 0 Å². The molecule has 0 aliphatic carbocycles. The Morgan fingerprint density at radius 3 is 2.33 bits per heavy atom. The van der Waals surface area contributed by atoms with Crippen molar-refractivity contribution in [1.29, 1.82) is 0 Å². The summed E-state index contributed by atoms with van der Waals surface area (Å²) in [5.41, 5.74) is 14.0. The van der Waals surface area contributed by atoms with Gasteiger partial charge in [-0.25, -0.2) is 4.98 Å². The molecule has 0 amide bonds. The highest BCUT2D eigenvalue weighted by molar-refractivity contribution is 5.55. The quantitative estimate of drug-likeness (QED) is 0.656. The highest BCUT2D eigenvalue weighted by Crippen LogP contribution is 2.39. The lowest BCUT2D eigenvalue weighted by Crippen LogP contribution is -2.06. The smallest absolute Gasteiger partial charge is 0.221 e. The van der Waals surface area contributed by atoms with Crippen molar-refractivity contribution in [3.8, 4) is 17.2 Å². The van der Waals surface area contributed by atoms with Gasteiger partial charge in [0.1, 0.15) is 12.4 Å². The number of hydrogen-bond donors (Lipinski definition) is 2. The number of hydrogen-bond acceptors (Lipinski definition) is 7. The van der Waals surface area contributed by atoms with Gasteiger partial charge in [-0.15, -0.1) is 0 Å². The Kier molecular flexibility index (Phi) is 6.82. The first-order valence-electron chi connectivity index (χ1n) is 8.21. The molecule has 2 rings (SSSR count). The van der Waals surface area contributed by atoms with E-state index in [0.29, 0.717) is 36.1 Å². The van der Waals surface area contributed by atoms with E-state index >= 15 is 0 Å². The van der Waals surface area contributed by atoms with Crippen LogP contribution in [0.5, 0.6) is 17.2 Å². The van der Waals surface area contributed by atoms with Crippen molar-refractivity contribution in [2.75, 3.05) is 32.3 Å². The van der Waals surface area contributed by atoms with Crippen LogP contribution in [-0.2, 0) is 6.42 Å². The standard InChI is InChI=1S/C20H24N4O3/c1-5-7-13(6-2)12-27-18-16(25-3)9-14(10-17(18)26-4)8-15-11-23-20(22)24-19(15)21/h5-7,9-11H,1-2,8,12H2,3-4H3,(H4,21,22,23,24)/b13-7+. The van der Waals surface area contributed by atoms with Crippen molar-refractivity contribution in [2.45, 2.75) is 6.42 Å². The predicted molar refractivity (Wildman–Crippen MR) is 107 cm³/mol. The molecule has 0 saturated carbocycles. The van der Waals surface area contributed by atoms with E-state index < -0.39 is 0 Å². The van der Waals surface area contributed by atoms with Crippen LogP contribution < -0.4 is 25.7 Å². The van der Waals surface area contributed by atoms with Crippen LogP contribution in [0.4, 0.5) is 11.8 Å². The van der Waals surface area contributed by atoms with Crippen molar-refractivity contribution >= 4 is 11.8 Å². The Morgan fingerprint density at radius 1 is 1.15 bits per heavy atom. The summed E-state index contributed by atoms with van der Waals surface area (Å²) in [6.07, 6.45) is 7.31. The minimum absolute atomic E-state index is 0.140. The van der Waals surface area contributed by atoms with Gasteiger partial charge < -0.3 is 25.7 Å². The van der Waals surface area contributed by atoms with E-state index in [1.54, 1.807) is 32.6 Å². The number of ether oxygens (including phenoxy) is 3. The van der Waals surface area contributed by atoms with E-state index in [2.05, 4.69) is 23.1 Å². The average Bonchev–Trinajstić information content (AvgIpc) is 2.67. The first-order valence-corrected chi connectivity index (χ1v) is 8.21. The first-order chi connectivity index (χ1) is 13.0. The molecule has 142 valence electrons. The van der Waals surface area contributed by atoms with E-state index in [1.807, 2.05) is 18.2 Å². The third-order valence-electron chi connectivity index (χ3n) is 3.81. The number of nitrogens with two attached hydrogens (primary N) is 2. The molecule has 0 fully saturated rings. The molecule has 1 aromatic carbocycles. The topological polar surface area (TPSA) is 106 Å². The molecule has 0 aliphatic heterocycles. The molecule has 0 aliphatic rings. The van der Waals surface area contributed by atoms with Crippen LogP contribution in [0.3, 0.4) is 0 Å². The van der Waals surface area contributed by atoms with Gasteiger partial charge in [-0.3, -0.25) is 0 Å². The van der Waals surface area contributed by atoms with Crippen molar-refractivity contribution < 1.29 is 14.2 Å². The van der Waals surface area contributed by atoms with E-state index in [0.717, 1.165) is 16.7 Å². The molecule has 7 nitrogen and oxygen atoms in total. The summed E-state index contributed by atoms with van der Waals surface area (Å²) in [5, 5.41) is 0. The fourth-order valence-electron chi connectivity index (χ4n) is 2.45. The monoisotopic (exact) mass is 368 g/mol. The van der Waals surface area contributed by atoms with Crippen molar-refractivity contribution in [3.05, 3.63) is 66.4 Å². The van der Waals surface area contributed by atoms with E-state index in [4.69, 9.17) is 25.7 Å². The lowest BCUT2D eigenvalue weighted by atomic mass is 10.1. The van der Waals surface area contributed by atoms with Crippen LogP contribution in [0.1, 0.15) is 11.1 Å². The first kappa shape index (κ1) is 19.8. The fraction of sp³-hybridized carbons (Fsp3) is 0.200. The van der Waals surface area contributed by atoms with Crippen LogP contribution in [0, 0.1) is 0 Å². The predicted octanol–water partition coefficient (Wildman–Crippen LogP) is 2.93. The summed E-state index contributed by atoms with van der Waals surface area (Å²) < 4.78 is 16.9. The number of methoxy groups -OCH3 is 2. The number of nitrogens with zero attached hydrogens (tertiary/aromatic N) is 2. The summed E-state index contributed by atoms with van der Waals surface area (Å²) in [5.74, 6) is 2.07. The average molecular weight is 368 g/mol. The lowest BCUT2D eigenvalue weighted by Gasteiger charge is -2.16. The van der Waals surface area contributed by atoms with Crippen LogP contribution in [-0.4, -0.2) is 30.8 Å². The molecule has 27 heavy (non-hydrogen) atoms. The largest absolute Gasteiger partial charge is 0.493 e. The SMILES string of the molecule is C=C/C=C(\C=C)COc1c(OC)cc(Cc2cnc(N)nc2N)cc1OC. The summed E-state index contributed by atoms with van der Waals surface area (Å²) in [4.78, 5) is 7.97. The Hall–Kier alpha value is -3.48. The number of benzene rings is 1. The molecule has 0 saturated heterocycles. The summed E-state index contributed by atoms with van der Waals surface area (Å²) in [7, 11) is 3.14. The zero-order chi connectivity index (χ0) is 19.8. The van der Waals surface area contributed by atoms with E-state index in [9.17, 15) is 0 Å². The third kappa shape index (κ3) is 5.01. The number of anilines is 2. The third-order valence-corrected chi connectivity index (χ3v) is 3.81. The van der Waals surface area contributed by atoms with Crippen LogP contribution >= 0.6 is 0 Å². The van der Waals surface area contributed by atoms with Gasteiger partial charge in [-0.1, -0.05) is 31.4 Å². The Bertz CT molecular complexity index is 837. The second kappa shape index (κ2) is 9.28. The molecule has 0 unspecified atom stereocenters. The fourth-order valence-corrected chi connectivity index (χ4v) is 2.45. The molecule has 0 atom stereocenters. The van der Waals surface area contributed by atoms with Crippen LogP contribution in [0.15, 0.2) is 55.3 Å². The second-order valence-electron chi connectivity index (χ2n) is 5.62. The molecule has 1 aromatic heterocycles. The number of rotatable bonds is 9. The Balaban J connectivity index is 2.33. The van der Waals surface area contributed by atoms with Gasteiger partial charge in [0, 0.05) is 18.2 Å². The highest BCUT2D eigenvalue weighted by atomic mass is 16.5. The molecule has 0 bridgehead atoms. The van der Waals surface area contributed by atoms with Crippen molar-refractivity contribution in [2.24, 2.45) is 0 Å². The summed E-state index contributed by atoms with van der Waals surface area (Å²) in [6.45, 7) is 7.74. The van der Waals surface area contributed by atoms with Crippen LogP contribution in [0.2, 0.25) is 0 Å². The maximum absolute atomic E-state index is 5.92. The van der Waals surface area contributed by atoms with Gasteiger partial charge in [0.25, 0.3) is 0 Å². The summed E-state index contributed by atoms with van der Waals surface area (Å²) in [6, 6.07) is 3.72. The summed E-state index contributed by atoms with van der Waals surface area (Å²) >= 11 is 0. The molecule has 0 spiro atoms. The highest BCUT2D eigenvalue weighted by Gasteiger charge is 2.16. The molecule has 0 radical (unpaired) electrons. The van der Waals surface area contributed by atoms with Gasteiger partial charge in [0.05, 0.1) is 14.2 Å². The van der Waals surface area contributed by atoms with Crippen molar-refractivity contribution in [1.82, 2.24) is 9.97 Å². The Labute approximate surface area is 159 Å². The van der Waals surface area contributed by atoms with Crippen molar-refractivity contribution in [3.63, 3.8) is 0 Å². The maximum Gasteiger partial charge on any atom is 0.221 e. The van der Waals surface area contributed by atoms with Gasteiger partial charge in [0.2, 0.25) is 11.7 Å². The zero-order valence-corrected chi connectivity index (χ0v) is 15.6. The molecule has 4 N–H and O–H groups in total. The van der Waals surface area contributed by atoms with Gasteiger partial charge in [0.15, 0.2) is 11.5 Å². The normalized spacial score (nSPS) is 11.0. The number of nitrogen functional groups attached to an aromatic ring is 2. The molecule has 7 heteroatoms. The molecule has 1 heterocycles. The van der Waals surface area contributed by atoms with Gasteiger partial charge in [-0.05, 0) is 23.3 Å². The minimum Gasteiger partial charge on any atom is -0.493 e. The minimum atomic E-state index is 0.140. The molecular weight excluding hydrogens is 344 g/mol. The number of allylic oxidation sites excluding steroid dienone is 2. The molecule has 2 aromatic rings. The maximum atomic E-state index is 5.92. The van der Waals surface area contributed by atoms with Gasteiger partial charge in [-0.2, -0.15) is 4.98 Å². The second-order valence-corrected chi connectivity index (χ2v) is 5.62.